The summed E-state index contributed by atoms with van der Waals surface area (Å²) in [5.74, 6) is 0. The highest BCUT2D eigenvalue weighted by molar-refractivity contribution is 5.26. The lowest BCUT2D eigenvalue weighted by Crippen LogP contribution is -1.55. The average molecular weight is 111 g/mol. The number of hydrogen-bond donors (Lipinski definition) is 0. The zero-order valence-electron chi connectivity index (χ0n) is 5.65. The molecule has 0 atom stereocenters. The predicted octanol–water partition coefficient (Wildman–Crippen LogP) is 2.41. The van der Waals surface area contributed by atoms with Crippen LogP contribution in [0.15, 0.2) is 29.9 Å². The lowest BCUT2D eigenvalue weighted by Gasteiger charge is -1.75. The van der Waals surface area contributed by atoms with E-state index in [0.717, 1.165) is 0 Å². The molecule has 0 fully saturated rings. The minimum Gasteiger partial charge on any atom is -0.273 e. The second-order valence-corrected chi connectivity index (χ2v) is 1.39. The Hall–Kier alpha value is -0.850. The average Bonchev–Trinajstić information content (AvgIpc) is 1.72. The molecule has 0 saturated carbocycles. The van der Waals surface area contributed by atoms with E-state index >= 15 is 0 Å². The first-order valence-corrected chi connectivity index (χ1v) is 2.36. The highest BCUT2D eigenvalue weighted by atomic mass is 14.6. The summed E-state index contributed by atoms with van der Waals surface area (Å²) in [6.07, 6.45) is 1.72. The normalized spacial score (nSPS) is 5.75. The topological polar surface area (TPSA) is 12.4 Å². The van der Waals surface area contributed by atoms with Crippen molar-refractivity contribution < 1.29 is 0 Å². The van der Waals surface area contributed by atoms with Crippen LogP contribution in [-0.2, 0) is 0 Å². The van der Waals surface area contributed by atoms with Crippen molar-refractivity contribution >= 4 is 6.72 Å². The first kappa shape index (κ1) is 10.2. The summed E-state index contributed by atoms with van der Waals surface area (Å²) in [6.45, 7) is 13.2. The molecule has 0 aliphatic carbocycles. The lowest BCUT2D eigenvalue weighted by molar-refractivity contribution is 1.34. The fourth-order valence-corrected chi connectivity index (χ4v) is 0.183. The molecule has 0 heterocycles. The molecular weight excluding hydrogens is 98.1 g/mol. The van der Waals surface area contributed by atoms with E-state index < -0.39 is 0 Å². The van der Waals surface area contributed by atoms with Crippen LogP contribution in [0.4, 0.5) is 0 Å². The van der Waals surface area contributed by atoms with Crippen molar-refractivity contribution in [1.29, 1.82) is 0 Å². The van der Waals surface area contributed by atoms with Crippen LogP contribution in [0.25, 0.3) is 0 Å². The van der Waals surface area contributed by atoms with Crippen molar-refractivity contribution in [2.45, 2.75) is 13.8 Å². The molecule has 0 unspecified atom stereocenters. The molecule has 0 aromatic heterocycles. The third kappa shape index (κ3) is 19.2. The molecule has 46 valence electrons. The SMILES string of the molecule is C=C.C=NC=C(C)C. The van der Waals surface area contributed by atoms with Gasteiger partial charge in [0.1, 0.15) is 0 Å². The maximum absolute atomic E-state index is 3.52. The highest BCUT2D eigenvalue weighted by Gasteiger charge is 1.64. The molecule has 0 bridgehead atoms. The number of hydrogen-bond acceptors (Lipinski definition) is 1. The van der Waals surface area contributed by atoms with Crippen LogP contribution in [-0.4, -0.2) is 6.72 Å². The van der Waals surface area contributed by atoms with Crippen LogP contribution in [0.2, 0.25) is 0 Å². The Morgan fingerprint density at radius 2 is 1.75 bits per heavy atom. The van der Waals surface area contributed by atoms with Gasteiger partial charge in [-0.1, -0.05) is 5.57 Å². The van der Waals surface area contributed by atoms with Gasteiger partial charge in [-0.25, -0.2) is 0 Å². The third-order valence-electron chi connectivity index (χ3n) is 0.349. The Kier molecular flexibility index (Phi) is 12.1. The molecule has 0 N–H and O–H groups in total. The van der Waals surface area contributed by atoms with E-state index in [1.165, 1.54) is 5.57 Å². The van der Waals surface area contributed by atoms with Crippen LogP contribution in [0.1, 0.15) is 13.8 Å². The zero-order valence-corrected chi connectivity index (χ0v) is 5.65. The standard InChI is InChI=1S/C5H9N.C2H4/c1-5(2)4-6-3;1-2/h4H,3H2,1-2H3;1-2H2. The minimum absolute atomic E-state index is 1.19. The summed E-state index contributed by atoms with van der Waals surface area (Å²) in [5.41, 5.74) is 1.19. The van der Waals surface area contributed by atoms with Gasteiger partial charge in [-0.15, -0.1) is 13.2 Å². The molecule has 8 heavy (non-hydrogen) atoms. The van der Waals surface area contributed by atoms with E-state index in [1.54, 1.807) is 6.20 Å². The quantitative estimate of drug-likeness (QED) is 0.364. The van der Waals surface area contributed by atoms with Gasteiger partial charge < -0.3 is 0 Å². The summed E-state index contributed by atoms with van der Waals surface area (Å²) >= 11 is 0. The number of aliphatic imine (C=N–C) groups is 1. The van der Waals surface area contributed by atoms with Gasteiger partial charge in [0.05, 0.1) is 0 Å². The summed E-state index contributed by atoms with van der Waals surface area (Å²) in [5, 5.41) is 0. The molecule has 0 rings (SSSR count). The summed E-state index contributed by atoms with van der Waals surface area (Å²) in [6, 6.07) is 0. The van der Waals surface area contributed by atoms with Crippen molar-refractivity contribution in [3.63, 3.8) is 0 Å². The zero-order chi connectivity index (χ0) is 6.99. The molecule has 0 aliphatic heterocycles. The third-order valence-corrected chi connectivity index (χ3v) is 0.349. The molecule has 0 radical (unpaired) electrons. The highest BCUT2D eigenvalue weighted by Crippen LogP contribution is 1.84. The molecule has 0 saturated heterocycles. The van der Waals surface area contributed by atoms with Crippen molar-refractivity contribution in [1.82, 2.24) is 0 Å². The number of nitrogens with zero attached hydrogens (tertiary/aromatic N) is 1. The second-order valence-electron chi connectivity index (χ2n) is 1.39. The van der Waals surface area contributed by atoms with Gasteiger partial charge in [-0.3, -0.25) is 4.99 Å². The molecule has 1 heteroatoms. The van der Waals surface area contributed by atoms with Gasteiger partial charge in [-0.2, -0.15) is 0 Å². The van der Waals surface area contributed by atoms with E-state index in [9.17, 15) is 0 Å². The molecule has 1 nitrogen and oxygen atoms in total. The fourth-order valence-electron chi connectivity index (χ4n) is 0.183. The molecular formula is C7H13N. The molecule has 0 aromatic carbocycles. The smallest absolute Gasteiger partial charge is 0.0246 e. The van der Waals surface area contributed by atoms with Gasteiger partial charge >= 0.3 is 0 Å². The van der Waals surface area contributed by atoms with E-state index in [1.807, 2.05) is 13.8 Å². The Morgan fingerprint density at radius 3 is 1.75 bits per heavy atom. The molecule has 0 spiro atoms. The van der Waals surface area contributed by atoms with Crippen LogP contribution < -0.4 is 0 Å². The van der Waals surface area contributed by atoms with Crippen LogP contribution >= 0.6 is 0 Å². The van der Waals surface area contributed by atoms with Crippen LogP contribution in [0.3, 0.4) is 0 Å². The van der Waals surface area contributed by atoms with Gasteiger partial charge in [-0.05, 0) is 20.6 Å². The predicted molar refractivity (Wildman–Crippen MR) is 40.2 cm³/mol. The molecule has 0 amide bonds. The summed E-state index contributed by atoms with van der Waals surface area (Å²) in [7, 11) is 0. The van der Waals surface area contributed by atoms with Crippen molar-refractivity contribution in [2.75, 3.05) is 0 Å². The van der Waals surface area contributed by atoms with E-state index in [4.69, 9.17) is 0 Å². The second kappa shape index (κ2) is 9.47. The summed E-state index contributed by atoms with van der Waals surface area (Å²) in [4.78, 5) is 3.52. The Balaban J connectivity index is 0. The van der Waals surface area contributed by atoms with Crippen molar-refractivity contribution in [3.8, 4) is 0 Å². The molecule has 0 aromatic rings. The van der Waals surface area contributed by atoms with Gasteiger partial charge in [0.2, 0.25) is 0 Å². The van der Waals surface area contributed by atoms with E-state index in [0.29, 0.717) is 0 Å². The lowest BCUT2D eigenvalue weighted by atomic mass is 10.4. The number of allylic oxidation sites excluding steroid dienone is 1. The largest absolute Gasteiger partial charge is 0.273 e. The van der Waals surface area contributed by atoms with E-state index in [2.05, 4.69) is 24.9 Å². The number of rotatable bonds is 1. The van der Waals surface area contributed by atoms with Crippen LogP contribution in [0.5, 0.6) is 0 Å². The maximum Gasteiger partial charge on any atom is 0.0246 e. The van der Waals surface area contributed by atoms with Gasteiger partial charge in [0.15, 0.2) is 0 Å². The Bertz CT molecular complexity index is 78.4. The molecule has 0 aliphatic rings. The van der Waals surface area contributed by atoms with Gasteiger partial charge in [0, 0.05) is 6.20 Å². The monoisotopic (exact) mass is 111 g/mol. The summed E-state index contributed by atoms with van der Waals surface area (Å²) < 4.78 is 0. The maximum atomic E-state index is 3.52. The Morgan fingerprint density at radius 1 is 1.38 bits per heavy atom. The Labute approximate surface area is 51.5 Å². The fraction of sp³-hybridized carbons (Fsp3) is 0.286. The van der Waals surface area contributed by atoms with Crippen LogP contribution in [0, 0.1) is 0 Å². The minimum atomic E-state index is 1.19. The van der Waals surface area contributed by atoms with E-state index in [-0.39, 0.29) is 0 Å². The van der Waals surface area contributed by atoms with Crippen molar-refractivity contribution in [3.05, 3.63) is 24.9 Å². The van der Waals surface area contributed by atoms with Gasteiger partial charge in [0.25, 0.3) is 0 Å². The first-order chi connectivity index (χ1) is 3.77. The van der Waals surface area contributed by atoms with Crippen molar-refractivity contribution in [2.24, 2.45) is 4.99 Å². The first-order valence-electron chi connectivity index (χ1n) is 2.36.